The number of hydrogen-bond acceptors (Lipinski definition) is 5. The van der Waals surface area contributed by atoms with E-state index in [4.69, 9.17) is 4.74 Å². The first kappa shape index (κ1) is 14.5. The number of ether oxygens (including phenoxy) is 1. The average Bonchev–Trinajstić information content (AvgIpc) is 3.16. The van der Waals surface area contributed by atoms with Gasteiger partial charge in [-0.2, -0.15) is 11.3 Å². The Labute approximate surface area is 127 Å². The molecule has 3 heterocycles. The van der Waals surface area contributed by atoms with Gasteiger partial charge in [0.15, 0.2) is 0 Å². The minimum atomic E-state index is -0.00161. The van der Waals surface area contributed by atoms with Crippen molar-refractivity contribution in [3.8, 4) is 0 Å². The number of rotatable bonds is 3. The van der Waals surface area contributed by atoms with Crippen LogP contribution in [0.1, 0.15) is 10.4 Å². The highest BCUT2D eigenvalue weighted by Gasteiger charge is 2.42. The zero-order valence-electron chi connectivity index (χ0n) is 11.9. The van der Waals surface area contributed by atoms with Crippen molar-refractivity contribution in [3.05, 3.63) is 22.4 Å². The van der Waals surface area contributed by atoms with Gasteiger partial charge in [-0.25, -0.2) is 0 Å². The molecule has 3 rings (SSSR count). The molecular formula is C14H19N3O3S. The zero-order chi connectivity index (χ0) is 14.8. The number of morpholine rings is 1. The predicted molar refractivity (Wildman–Crippen MR) is 79.4 cm³/mol. The number of carbonyl (C=O) groups excluding carboxylic acids is 2. The van der Waals surface area contributed by atoms with Crippen molar-refractivity contribution in [2.24, 2.45) is 0 Å². The van der Waals surface area contributed by atoms with E-state index in [2.05, 4.69) is 10.2 Å². The van der Waals surface area contributed by atoms with Gasteiger partial charge in [0.25, 0.3) is 5.91 Å². The van der Waals surface area contributed by atoms with Gasteiger partial charge >= 0.3 is 0 Å². The molecule has 114 valence electrons. The minimum Gasteiger partial charge on any atom is -0.373 e. The van der Waals surface area contributed by atoms with E-state index in [9.17, 15) is 9.59 Å². The summed E-state index contributed by atoms with van der Waals surface area (Å²) in [4.78, 5) is 28.0. The third-order valence-electron chi connectivity index (χ3n) is 4.10. The highest BCUT2D eigenvalue weighted by molar-refractivity contribution is 7.08. The van der Waals surface area contributed by atoms with Gasteiger partial charge in [-0.05, 0) is 11.4 Å². The molecule has 0 aliphatic carbocycles. The molecule has 21 heavy (non-hydrogen) atoms. The molecule has 2 aliphatic heterocycles. The standard InChI is InChI=1S/C14H19N3O3S/c1-15-13(18)8-16-3-4-20-12-7-17(6-11(12)16)14(19)10-2-5-21-9-10/h2,5,9,11-12H,3-4,6-8H2,1H3,(H,15,18)/t11-,12+/m1/s1. The molecule has 0 saturated carbocycles. The zero-order valence-corrected chi connectivity index (χ0v) is 12.8. The van der Waals surface area contributed by atoms with Crippen LogP contribution >= 0.6 is 11.3 Å². The highest BCUT2D eigenvalue weighted by atomic mass is 32.1. The van der Waals surface area contributed by atoms with Gasteiger partial charge in [0, 0.05) is 32.1 Å². The van der Waals surface area contributed by atoms with Crippen molar-refractivity contribution >= 4 is 23.2 Å². The second-order valence-electron chi connectivity index (χ2n) is 5.34. The number of thiophene rings is 1. The van der Waals surface area contributed by atoms with Crippen molar-refractivity contribution in [2.75, 3.05) is 39.8 Å². The maximum absolute atomic E-state index is 12.4. The normalized spacial score (nSPS) is 25.7. The third-order valence-corrected chi connectivity index (χ3v) is 4.78. The number of nitrogens with one attached hydrogen (secondary N) is 1. The molecular weight excluding hydrogens is 290 g/mol. The molecule has 0 bridgehead atoms. The SMILES string of the molecule is CNC(=O)CN1CCO[C@H]2CN(C(=O)c3ccsc3)C[C@H]21. The van der Waals surface area contributed by atoms with Crippen molar-refractivity contribution < 1.29 is 14.3 Å². The average molecular weight is 309 g/mol. The monoisotopic (exact) mass is 309 g/mol. The Hall–Kier alpha value is -1.44. The molecule has 6 nitrogen and oxygen atoms in total. The minimum absolute atomic E-state index is 0.00161. The second-order valence-corrected chi connectivity index (χ2v) is 6.12. The smallest absolute Gasteiger partial charge is 0.254 e. The molecule has 2 saturated heterocycles. The van der Waals surface area contributed by atoms with Crippen LogP contribution in [0.15, 0.2) is 16.8 Å². The van der Waals surface area contributed by atoms with Crippen LogP contribution in [0.2, 0.25) is 0 Å². The van der Waals surface area contributed by atoms with Crippen LogP contribution < -0.4 is 5.32 Å². The summed E-state index contributed by atoms with van der Waals surface area (Å²) >= 11 is 1.52. The van der Waals surface area contributed by atoms with E-state index in [1.807, 2.05) is 21.7 Å². The van der Waals surface area contributed by atoms with Crippen molar-refractivity contribution in [1.29, 1.82) is 0 Å². The Balaban J connectivity index is 1.68. The number of carbonyl (C=O) groups is 2. The van der Waals surface area contributed by atoms with Crippen LogP contribution in [0, 0.1) is 0 Å². The van der Waals surface area contributed by atoms with Crippen LogP contribution in [0.5, 0.6) is 0 Å². The summed E-state index contributed by atoms with van der Waals surface area (Å²) < 4.78 is 5.78. The van der Waals surface area contributed by atoms with E-state index in [0.717, 1.165) is 12.1 Å². The first-order valence-corrected chi connectivity index (χ1v) is 8.01. The van der Waals surface area contributed by atoms with E-state index >= 15 is 0 Å². The number of nitrogens with zero attached hydrogens (tertiary/aromatic N) is 2. The van der Waals surface area contributed by atoms with E-state index in [-0.39, 0.29) is 24.0 Å². The molecule has 1 aromatic rings. The van der Waals surface area contributed by atoms with E-state index in [1.54, 1.807) is 7.05 Å². The second kappa shape index (κ2) is 6.13. The summed E-state index contributed by atoms with van der Waals surface area (Å²) in [6, 6.07) is 1.96. The molecule has 7 heteroatoms. The summed E-state index contributed by atoms with van der Waals surface area (Å²) in [6.45, 7) is 2.93. The first-order valence-electron chi connectivity index (χ1n) is 7.06. The Bertz CT molecular complexity index is 520. The van der Waals surface area contributed by atoms with Gasteiger partial charge in [0.05, 0.1) is 30.9 Å². The Morgan fingerprint density at radius 1 is 1.48 bits per heavy atom. The molecule has 0 spiro atoms. The fraction of sp³-hybridized carbons (Fsp3) is 0.571. The van der Waals surface area contributed by atoms with E-state index in [0.29, 0.717) is 26.2 Å². The molecule has 0 unspecified atom stereocenters. The number of amides is 2. The Kier molecular flexibility index (Phi) is 4.23. The quantitative estimate of drug-likeness (QED) is 0.855. The number of likely N-dealkylation sites (tertiary alicyclic amines) is 1. The maximum atomic E-state index is 12.4. The Morgan fingerprint density at radius 3 is 3.05 bits per heavy atom. The lowest BCUT2D eigenvalue weighted by Gasteiger charge is -2.35. The lowest BCUT2D eigenvalue weighted by molar-refractivity contribution is -0.125. The number of hydrogen-bond donors (Lipinski definition) is 1. The van der Waals surface area contributed by atoms with Gasteiger partial charge in [0.2, 0.25) is 5.91 Å². The van der Waals surface area contributed by atoms with Crippen molar-refractivity contribution in [2.45, 2.75) is 12.1 Å². The molecule has 2 aliphatic rings. The highest BCUT2D eigenvalue weighted by Crippen LogP contribution is 2.24. The topological polar surface area (TPSA) is 61.9 Å². The molecule has 2 amide bonds. The fourth-order valence-electron chi connectivity index (χ4n) is 2.95. The van der Waals surface area contributed by atoms with Crippen LogP contribution in [-0.2, 0) is 9.53 Å². The molecule has 2 atom stereocenters. The maximum Gasteiger partial charge on any atom is 0.254 e. The molecule has 0 radical (unpaired) electrons. The summed E-state index contributed by atoms with van der Waals surface area (Å²) in [5.74, 6) is 0.0485. The largest absolute Gasteiger partial charge is 0.373 e. The van der Waals surface area contributed by atoms with E-state index < -0.39 is 0 Å². The third kappa shape index (κ3) is 2.95. The molecule has 2 fully saturated rings. The van der Waals surface area contributed by atoms with Crippen LogP contribution in [0.4, 0.5) is 0 Å². The van der Waals surface area contributed by atoms with E-state index in [1.165, 1.54) is 11.3 Å². The summed E-state index contributed by atoms with van der Waals surface area (Å²) in [6.07, 6.45) is 0.00555. The predicted octanol–water partition coefficient (Wildman–Crippen LogP) is 0.0193. The van der Waals surface area contributed by atoms with Crippen LogP contribution in [0.3, 0.4) is 0 Å². The molecule has 1 N–H and O–H groups in total. The van der Waals surface area contributed by atoms with Crippen LogP contribution in [-0.4, -0.2) is 73.6 Å². The molecule has 1 aromatic heterocycles. The number of fused-ring (bicyclic) bond motifs is 1. The first-order chi connectivity index (χ1) is 10.2. The van der Waals surface area contributed by atoms with Gasteiger partial charge in [-0.1, -0.05) is 0 Å². The van der Waals surface area contributed by atoms with Gasteiger partial charge in [0.1, 0.15) is 0 Å². The lowest BCUT2D eigenvalue weighted by Crippen LogP contribution is -2.53. The summed E-state index contributed by atoms with van der Waals surface area (Å²) in [5, 5.41) is 6.42. The molecule has 0 aromatic carbocycles. The van der Waals surface area contributed by atoms with Gasteiger partial charge < -0.3 is 15.0 Å². The lowest BCUT2D eigenvalue weighted by atomic mass is 10.1. The van der Waals surface area contributed by atoms with Gasteiger partial charge in [-0.15, -0.1) is 0 Å². The Morgan fingerprint density at radius 2 is 2.33 bits per heavy atom. The van der Waals surface area contributed by atoms with Gasteiger partial charge in [-0.3, -0.25) is 14.5 Å². The van der Waals surface area contributed by atoms with Crippen molar-refractivity contribution in [3.63, 3.8) is 0 Å². The number of likely N-dealkylation sites (N-methyl/N-ethyl adjacent to an activating group) is 1. The fourth-order valence-corrected chi connectivity index (χ4v) is 3.58. The summed E-state index contributed by atoms with van der Waals surface area (Å²) in [7, 11) is 1.64. The van der Waals surface area contributed by atoms with Crippen LogP contribution in [0.25, 0.3) is 0 Å². The summed E-state index contributed by atoms with van der Waals surface area (Å²) in [5.41, 5.74) is 0.733. The van der Waals surface area contributed by atoms with Crippen molar-refractivity contribution in [1.82, 2.24) is 15.1 Å².